The smallest absolute Gasteiger partial charge is 0.365 e. The molecule has 0 unspecified atom stereocenters. The van der Waals surface area contributed by atoms with Crippen molar-refractivity contribution in [2.45, 2.75) is 25.1 Å². The molecule has 2 aromatic heterocycles. The molecule has 2 aromatic rings. The van der Waals surface area contributed by atoms with Crippen LogP contribution in [0, 0.1) is 0 Å². The Balaban J connectivity index is 1.91. The van der Waals surface area contributed by atoms with E-state index >= 15 is 0 Å². The molecule has 134 valence electrons. The average molecular weight is 375 g/mol. The monoisotopic (exact) mass is 374 g/mol. The maximum Gasteiger partial charge on any atom is 0.433 e. The lowest BCUT2D eigenvalue weighted by Crippen LogP contribution is -2.39. The number of carbonyl (C=O) groups is 1. The zero-order valence-electron chi connectivity index (χ0n) is 12.9. The quantitative estimate of drug-likeness (QED) is 0.890. The molecule has 3 rings (SSSR count). The van der Waals surface area contributed by atoms with Gasteiger partial charge in [-0.25, -0.2) is 0 Å². The van der Waals surface area contributed by atoms with Crippen LogP contribution in [0.3, 0.4) is 0 Å². The van der Waals surface area contributed by atoms with Gasteiger partial charge in [0.25, 0.3) is 5.91 Å². The summed E-state index contributed by atoms with van der Waals surface area (Å²) >= 11 is 5.74. The van der Waals surface area contributed by atoms with Crippen molar-refractivity contribution in [1.82, 2.24) is 20.0 Å². The molecule has 0 saturated carbocycles. The van der Waals surface area contributed by atoms with Crippen molar-refractivity contribution in [3.8, 4) is 0 Å². The summed E-state index contributed by atoms with van der Waals surface area (Å²) in [6.07, 6.45) is -2.24. The molecule has 0 radical (unpaired) electrons. The predicted molar refractivity (Wildman–Crippen MR) is 83.3 cm³/mol. The second kappa shape index (κ2) is 6.51. The highest BCUT2D eigenvalue weighted by Crippen LogP contribution is 2.34. The number of nitrogens with zero attached hydrogens (tertiary/aromatic N) is 5. The summed E-state index contributed by atoms with van der Waals surface area (Å²) in [6, 6.07) is 1.72. The van der Waals surface area contributed by atoms with E-state index in [9.17, 15) is 18.0 Å². The minimum atomic E-state index is -4.49. The lowest BCUT2D eigenvalue weighted by Gasteiger charge is -2.34. The molecular weight excluding hydrogens is 361 g/mol. The van der Waals surface area contributed by atoms with Crippen LogP contribution >= 0.6 is 11.6 Å². The van der Waals surface area contributed by atoms with Crippen LogP contribution in [-0.4, -0.2) is 39.0 Å². The first-order chi connectivity index (χ1) is 11.8. The molecule has 1 saturated heterocycles. The molecule has 1 aliphatic heterocycles. The van der Waals surface area contributed by atoms with Crippen molar-refractivity contribution < 1.29 is 18.0 Å². The molecule has 1 atom stereocenters. The number of hydrogen-bond acceptors (Lipinski definition) is 5. The number of anilines is 1. The Labute approximate surface area is 145 Å². The van der Waals surface area contributed by atoms with E-state index in [0.717, 1.165) is 16.9 Å². The fraction of sp³-hybridized carbons (Fsp3) is 0.429. The molecule has 2 N–H and O–H groups in total. The van der Waals surface area contributed by atoms with Crippen molar-refractivity contribution in [2.24, 2.45) is 5.73 Å². The fourth-order valence-corrected chi connectivity index (χ4v) is 3.10. The fourth-order valence-electron chi connectivity index (χ4n) is 2.95. The van der Waals surface area contributed by atoms with Gasteiger partial charge in [-0.2, -0.15) is 18.3 Å². The summed E-state index contributed by atoms with van der Waals surface area (Å²) in [5.74, 6) is -0.522. The molecule has 7 nitrogen and oxygen atoms in total. The number of nitrogens with two attached hydrogens (primary N) is 1. The number of carbonyl (C=O) groups excluding carboxylic acids is 1. The molecule has 25 heavy (non-hydrogen) atoms. The number of primary amides is 1. The molecule has 1 aliphatic rings. The Hall–Kier alpha value is -2.36. The molecule has 0 bridgehead atoms. The van der Waals surface area contributed by atoms with Gasteiger partial charge in [0, 0.05) is 19.3 Å². The van der Waals surface area contributed by atoms with Crippen molar-refractivity contribution in [1.29, 1.82) is 0 Å². The summed E-state index contributed by atoms with van der Waals surface area (Å²) in [4.78, 5) is 13.3. The Bertz CT molecular complexity index is 793. The third kappa shape index (κ3) is 3.53. The summed E-state index contributed by atoms with van der Waals surface area (Å²) in [5, 5.41) is 11.4. The van der Waals surface area contributed by atoms with Crippen molar-refractivity contribution in [3.63, 3.8) is 0 Å². The molecule has 0 spiro atoms. The minimum absolute atomic E-state index is 0.0116. The first kappa shape index (κ1) is 17.5. The summed E-state index contributed by atoms with van der Waals surface area (Å²) < 4.78 is 40.3. The van der Waals surface area contributed by atoms with Crippen LogP contribution in [-0.2, 0) is 6.18 Å². The van der Waals surface area contributed by atoms with Crippen LogP contribution in [0.15, 0.2) is 18.3 Å². The van der Waals surface area contributed by atoms with Crippen LogP contribution in [0.1, 0.15) is 34.9 Å². The number of rotatable bonds is 3. The van der Waals surface area contributed by atoms with Gasteiger partial charge < -0.3 is 10.6 Å². The lowest BCUT2D eigenvalue weighted by atomic mass is 10.0. The van der Waals surface area contributed by atoms with E-state index in [2.05, 4.69) is 15.3 Å². The molecule has 1 fully saturated rings. The van der Waals surface area contributed by atoms with Gasteiger partial charge in [-0.3, -0.25) is 9.48 Å². The molecule has 3 heterocycles. The highest BCUT2D eigenvalue weighted by atomic mass is 35.5. The Morgan fingerprint density at radius 1 is 1.36 bits per heavy atom. The standard InChI is InChI=1S/C14H14ClF3N6O/c15-11-6-9(12(19)25)13(22-21-11)23-5-1-2-8(7-23)24-10(3-4-20-24)14(16,17)18/h3-4,6,8H,1-2,5,7H2,(H2,19,25)/t8-/m0/s1. The third-order valence-corrected chi connectivity index (χ3v) is 4.20. The second-order valence-corrected chi connectivity index (χ2v) is 6.06. The predicted octanol–water partition coefficient (Wildman–Crippen LogP) is 2.29. The number of piperidine rings is 1. The topological polar surface area (TPSA) is 89.9 Å². The van der Waals surface area contributed by atoms with Crippen molar-refractivity contribution >= 4 is 23.3 Å². The van der Waals surface area contributed by atoms with Gasteiger partial charge in [0.05, 0.1) is 11.6 Å². The van der Waals surface area contributed by atoms with E-state index in [-0.39, 0.29) is 23.1 Å². The van der Waals surface area contributed by atoms with E-state index in [1.165, 1.54) is 6.07 Å². The van der Waals surface area contributed by atoms with Crippen LogP contribution in [0.25, 0.3) is 0 Å². The van der Waals surface area contributed by atoms with Gasteiger partial charge >= 0.3 is 6.18 Å². The van der Waals surface area contributed by atoms with Crippen LogP contribution < -0.4 is 10.6 Å². The van der Waals surface area contributed by atoms with Crippen LogP contribution in [0.5, 0.6) is 0 Å². The largest absolute Gasteiger partial charge is 0.433 e. The minimum Gasteiger partial charge on any atom is -0.365 e. The highest BCUT2D eigenvalue weighted by molar-refractivity contribution is 6.29. The van der Waals surface area contributed by atoms with E-state index in [1.54, 1.807) is 4.90 Å². The first-order valence-electron chi connectivity index (χ1n) is 7.46. The molecule has 11 heteroatoms. The average Bonchev–Trinajstić information content (AvgIpc) is 3.05. The lowest BCUT2D eigenvalue weighted by molar-refractivity contribution is -0.145. The number of aromatic nitrogens is 4. The highest BCUT2D eigenvalue weighted by Gasteiger charge is 2.37. The molecular formula is C14H14ClF3N6O. The number of halogens is 4. The van der Waals surface area contributed by atoms with E-state index in [4.69, 9.17) is 17.3 Å². The van der Waals surface area contributed by atoms with E-state index in [0.29, 0.717) is 19.4 Å². The SMILES string of the molecule is NC(=O)c1cc(Cl)nnc1N1CCC[C@H](n2nccc2C(F)(F)F)C1. The molecule has 0 aromatic carbocycles. The zero-order valence-corrected chi connectivity index (χ0v) is 13.6. The normalized spacial score (nSPS) is 18.4. The Kier molecular flexibility index (Phi) is 4.55. The van der Waals surface area contributed by atoms with Crippen molar-refractivity contribution in [2.75, 3.05) is 18.0 Å². The van der Waals surface area contributed by atoms with Crippen molar-refractivity contribution in [3.05, 3.63) is 34.7 Å². The number of hydrogen-bond donors (Lipinski definition) is 1. The van der Waals surface area contributed by atoms with Crippen LogP contribution in [0.2, 0.25) is 5.15 Å². The number of amides is 1. The van der Waals surface area contributed by atoms with Gasteiger partial charge in [0.2, 0.25) is 0 Å². The summed E-state index contributed by atoms with van der Waals surface area (Å²) in [7, 11) is 0. The van der Waals surface area contributed by atoms with Gasteiger partial charge in [-0.1, -0.05) is 11.6 Å². The maximum absolute atomic E-state index is 13.1. The Morgan fingerprint density at radius 2 is 2.12 bits per heavy atom. The maximum atomic E-state index is 13.1. The first-order valence-corrected chi connectivity index (χ1v) is 7.84. The van der Waals surface area contributed by atoms with Gasteiger partial charge in [0.15, 0.2) is 11.0 Å². The second-order valence-electron chi connectivity index (χ2n) is 5.67. The summed E-state index contributed by atoms with van der Waals surface area (Å²) in [6.45, 7) is 0.705. The van der Waals surface area contributed by atoms with E-state index in [1.807, 2.05) is 0 Å². The Morgan fingerprint density at radius 3 is 2.80 bits per heavy atom. The van der Waals surface area contributed by atoms with E-state index < -0.39 is 23.8 Å². The van der Waals surface area contributed by atoms with Gasteiger partial charge in [-0.15, -0.1) is 10.2 Å². The van der Waals surface area contributed by atoms with Gasteiger partial charge in [0.1, 0.15) is 5.69 Å². The van der Waals surface area contributed by atoms with Gasteiger partial charge in [-0.05, 0) is 25.0 Å². The molecule has 0 aliphatic carbocycles. The zero-order chi connectivity index (χ0) is 18.2. The van der Waals surface area contributed by atoms with Crippen LogP contribution in [0.4, 0.5) is 19.0 Å². The number of alkyl halides is 3. The third-order valence-electron chi connectivity index (χ3n) is 4.01. The summed E-state index contributed by atoms with van der Waals surface area (Å²) in [5.41, 5.74) is 4.61. The molecule has 1 amide bonds.